The second kappa shape index (κ2) is 15.0. The summed E-state index contributed by atoms with van der Waals surface area (Å²) in [6.45, 7) is -0.864. The van der Waals surface area contributed by atoms with E-state index in [1.165, 1.54) is 11.8 Å². The van der Waals surface area contributed by atoms with Gasteiger partial charge in [-0.1, -0.05) is 60.7 Å². The maximum Gasteiger partial charge on any atom is 0.322 e. The minimum absolute atomic E-state index is 0.0341. The Morgan fingerprint density at radius 1 is 0.973 bits per heavy atom. The summed E-state index contributed by atoms with van der Waals surface area (Å²) in [4.78, 5) is 47.1. The minimum atomic E-state index is -1.24. The molecule has 11 heteroatoms. The Bertz CT molecular complexity index is 1040. The van der Waals surface area contributed by atoms with E-state index >= 15 is 0 Å². The normalized spacial score (nSPS) is 14.1. The van der Waals surface area contributed by atoms with Gasteiger partial charge in [0.1, 0.15) is 18.6 Å². The minimum Gasteiger partial charge on any atom is -0.480 e. The van der Waals surface area contributed by atoms with Gasteiger partial charge in [0.15, 0.2) is 0 Å². The molecule has 2 amide bonds. The molecule has 0 fully saturated rings. The van der Waals surface area contributed by atoms with Gasteiger partial charge in [-0.3, -0.25) is 19.2 Å². The second-order valence-corrected chi connectivity index (χ2v) is 9.93. The quantitative estimate of drug-likeness (QED) is 0.185. The molecule has 3 unspecified atom stereocenters. The molecule has 0 aliphatic rings. The van der Waals surface area contributed by atoms with E-state index in [4.69, 9.17) is 15.9 Å². The predicted molar refractivity (Wildman–Crippen MR) is 140 cm³/mol. The number of thioether (sulfide) groups is 1. The van der Waals surface area contributed by atoms with Gasteiger partial charge in [0.2, 0.25) is 11.8 Å². The topological polar surface area (TPSA) is 179 Å². The molecule has 10 nitrogen and oxygen atoms in total. The van der Waals surface area contributed by atoms with E-state index in [-0.39, 0.29) is 25.2 Å². The van der Waals surface area contributed by atoms with Crippen LogP contribution in [0.2, 0.25) is 0 Å². The molecule has 2 aromatic carbocycles. The number of aliphatic hydroxyl groups is 1. The average molecular weight is 532 g/mol. The van der Waals surface area contributed by atoms with E-state index < -0.39 is 47.1 Å². The van der Waals surface area contributed by atoms with Crippen molar-refractivity contribution in [3.63, 3.8) is 0 Å². The second-order valence-electron chi connectivity index (χ2n) is 8.53. The van der Waals surface area contributed by atoms with Crippen LogP contribution in [0.3, 0.4) is 0 Å². The summed E-state index contributed by atoms with van der Waals surface area (Å²) in [6.07, 6.45) is 0.837. The Balaban J connectivity index is 2.22. The average Bonchev–Trinajstić information content (AvgIpc) is 2.90. The molecule has 2 aromatic rings. The van der Waals surface area contributed by atoms with Crippen LogP contribution in [-0.2, 0) is 30.3 Å². The lowest BCUT2D eigenvalue weighted by molar-refractivity contribution is -0.139. The lowest BCUT2D eigenvalue weighted by Crippen LogP contribution is -2.50. The molecule has 0 radical (unpaired) electrons. The van der Waals surface area contributed by atoms with Crippen LogP contribution in [0.5, 0.6) is 0 Å². The van der Waals surface area contributed by atoms with Gasteiger partial charge < -0.3 is 31.7 Å². The number of hydrogen-bond donors (Lipinski definition) is 6. The molecule has 0 bridgehead atoms. The first kappa shape index (κ1) is 29.8. The number of aryl methyl sites for hydroxylation is 1. The van der Waals surface area contributed by atoms with Crippen LogP contribution in [-0.4, -0.2) is 70.1 Å². The highest BCUT2D eigenvalue weighted by Gasteiger charge is 2.34. The molecule has 0 spiro atoms. The fraction of sp³-hybridized carbons (Fsp3) is 0.385. The molecule has 2 rings (SSSR count). The summed E-state index contributed by atoms with van der Waals surface area (Å²) in [5, 5.41) is 33.3. The fourth-order valence-electron chi connectivity index (χ4n) is 3.64. The molecule has 0 saturated heterocycles. The molecule has 0 saturated carbocycles. The number of benzene rings is 2. The van der Waals surface area contributed by atoms with Gasteiger partial charge in [-0.25, -0.2) is 0 Å². The van der Waals surface area contributed by atoms with E-state index in [0.717, 1.165) is 11.1 Å². The summed E-state index contributed by atoms with van der Waals surface area (Å²) in [6, 6.07) is 16.8. The van der Waals surface area contributed by atoms with Crippen molar-refractivity contribution in [2.45, 2.75) is 42.5 Å². The lowest BCUT2D eigenvalue weighted by atomic mass is 9.92. The number of aliphatic hydroxyl groups excluding tert-OH is 1. The smallest absolute Gasteiger partial charge is 0.322 e. The third-order valence-electron chi connectivity index (χ3n) is 5.81. The van der Waals surface area contributed by atoms with Crippen molar-refractivity contribution >= 4 is 35.5 Å². The molecule has 200 valence electrons. The number of carboxylic acids is 2. The van der Waals surface area contributed by atoms with Crippen LogP contribution in [0.4, 0.5) is 0 Å². The number of nitrogens with one attached hydrogen (secondary N) is 2. The van der Waals surface area contributed by atoms with Crippen molar-refractivity contribution in [1.82, 2.24) is 10.6 Å². The number of carbonyl (C=O) groups excluding carboxylic acids is 2. The van der Waals surface area contributed by atoms with Crippen molar-refractivity contribution in [2.75, 3.05) is 18.9 Å². The van der Waals surface area contributed by atoms with E-state index in [9.17, 15) is 24.3 Å². The van der Waals surface area contributed by atoms with Crippen molar-refractivity contribution in [2.24, 2.45) is 5.73 Å². The third kappa shape index (κ3) is 9.87. The van der Waals surface area contributed by atoms with Crippen molar-refractivity contribution in [3.05, 3.63) is 71.8 Å². The first-order valence-corrected chi connectivity index (χ1v) is 12.8. The van der Waals surface area contributed by atoms with Gasteiger partial charge in [-0.2, -0.15) is 0 Å². The third-order valence-corrected chi connectivity index (χ3v) is 7.43. The number of amides is 2. The molecular formula is C26H33N3O7S. The number of carboxylic acid groups (broad SMARTS) is 2. The highest BCUT2D eigenvalue weighted by atomic mass is 32.2. The summed E-state index contributed by atoms with van der Waals surface area (Å²) in [5.41, 5.74) is 7.39. The van der Waals surface area contributed by atoms with Crippen LogP contribution >= 0.6 is 11.8 Å². The lowest BCUT2D eigenvalue weighted by Gasteiger charge is -2.33. The molecule has 3 atom stereocenters. The Morgan fingerprint density at radius 2 is 1.59 bits per heavy atom. The Hall–Kier alpha value is -3.41. The largest absolute Gasteiger partial charge is 0.480 e. The van der Waals surface area contributed by atoms with Crippen LogP contribution in [0, 0.1) is 0 Å². The zero-order valence-electron chi connectivity index (χ0n) is 20.3. The number of carbonyl (C=O) groups is 4. The standard InChI is InChI=1S/C26H33N3O7S/c27-20(25(35)36)11-12-22(31)29-21(24(34)28-15-23(32)33)16-37-26(17-30,19-9-5-2-6-10-19)14-13-18-7-3-1-4-8-18/h1-10,20-21,30H,11-17,27H2,(H,28,34)(H,29,31)(H,32,33)(H,35,36). The van der Waals surface area contributed by atoms with Crippen LogP contribution in [0.1, 0.15) is 30.4 Å². The van der Waals surface area contributed by atoms with Gasteiger partial charge >= 0.3 is 11.9 Å². The molecule has 0 aromatic heterocycles. The van der Waals surface area contributed by atoms with E-state index in [2.05, 4.69) is 10.6 Å². The SMILES string of the molecule is NC(CCC(=O)NC(CSC(CO)(CCc1ccccc1)c1ccccc1)C(=O)NCC(=O)O)C(=O)O. The highest BCUT2D eigenvalue weighted by molar-refractivity contribution is 8.00. The Morgan fingerprint density at radius 3 is 2.16 bits per heavy atom. The summed E-state index contributed by atoms with van der Waals surface area (Å²) in [5.74, 6) is -3.74. The van der Waals surface area contributed by atoms with Crippen molar-refractivity contribution in [1.29, 1.82) is 0 Å². The van der Waals surface area contributed by atoms with Gasteiger partial charge in [-0.15, -0.1) is 11.8 Å². The van der Waals surface area contributed by atoms with Crippen molar-refractivity contribution < 1.29 is 34.5 Å². The summed E-state index contributed by atoms with van der Waals surface area (Å²) in [7, 11) is 0. The molecule has 37 heavy (non-hydrogen) atoms. The molecule has 7 N–H and O–H groups in total. The number of hydrogen-bond acceptors (Lipinski definition) is 7. The molecule has 0 aliphatic carbocycles. The van der Waals surface area contributed by atoms with E-state index in [1.54, 1.807) is 0 Å². The number of nitrogens with two attached hydrogens (primary N) is 1. The zero-order chi connectivity index (χ0) is 27.3. The van der Waals surface area contributed by atoms with Crippen LogP contribution < -0.4 is 16.4 Å². The Labute approximate surface area is 219 Å². The zero-order valence-corrected chi connectivity index (χ0v) is 21.2. The number of aliphatic carboxylic acids is 2. The first-order chi connectivity index (χ1) is 17.7. The number of rotatable bonds is 16. The fourth-order valence-corrected chi connectivity index (χ4v) is 5.00. The van der Waals surface area contributed by atoms with Crippen LogP contribution in [0.15, 0.2) is 60.7 Å². The van der Waals surface area contributed by atoms with Gasteiger partial charge in [0.05, 0.1) is 11.4 Å². The maximum atomic E-state index is 12.8. The summed E-state index contributed by atoms with van der Waals surface area (Å²) < 4.78 is -0.807. The highest BCUT2D eigenvalue weighted by Crippen LogP contribution is 2.41. The first-order valence-electron chi connectivity index (χ1n) is 11.8. The van der Waals surface area contributed by atoms with Gasteiger partial charge in [0, 0.05) is 12.2 Å². The molecule has 0 heterocycles. The maximum absolute atomic E-state index is 12.8. The van der Waals surface area contributed by atoms with Crippen molar-refractivity contribution in [3.8, 4) is 0 Å². The summed E-state index contributed by atoms with van der Waals surface area (Å²) >= 11 is 1.29. The van der Waals surface area contributed by atoms with E-state index in [1.807, 2.05) is 60.7 Å². The van der Waals surface area contributed by atoms with Gasteiger partial charge in [0.25, 0.3) is 0 Å². The molecule has 0 aliphatic heterocycles. The Kier molecular flexibility index (Phi) is 12.1. The van der Waals surface area contributed by atoms with Gasteiger partial charge in [-0.05, 0) is 30.4 Å². The molecular weight excluding hydrogens is 498 g/mol. The van der Waals surface area contributed by atoms with Crippen LogP contribution in [0.25, 0.3) is 0 Å². The predicted octanol–water partition coefficient (Wildman–Crippen LogP) is 1.12. The van der Waals surface area contributed by atoms with E-state index in [0.29, 0.717) is 12.8 Å². The monoisotopic (exact) mass is 531 g/mol.